The molecule has 0 spiro atoms. The number of nitrogens with two attached hydrogens (primary N) is 1. The van der Waals surface area contributed by atoms with Gasteiger partial charge in [-0.05, 0) is 25.3 Å². The predicted molar refractivity (Wildman–Crippen MR) is 63.5 cm³/mol. The molecule has 2 fully saturated rings. The molecule has 17 heavy (non-hydrogen) atoms. The number of carbonyl (C=O) groups excluding carboxylic acids is 1. The van der Waals surface area contributed by atoms with Crippen molar-refractivity contribution < 1.29 is 14.3 Å². The van der Waals surface area contributed by atoms with E-state index in [2.05, 4.69) is 0 Å². The fourth-order valence-electron chi connectivity index (χ4n) is 2.57. The lowest BCUT2D eigenvalue weighted by atomic mass is 10.1. The number of carbonyl (C=O) groups is 1. The van der Waals surface area contributed by atoms with Gasteiger partial charge in [0.25, 0.3) is 0 Å². The number of amides is 1. The van der Waals surface area contributed by atoms with Crippen molar-refractivity contribution in [2.75, 3.05) is 39.5 Å². The first-order valence-electron chi connectivity index (χ1n) is 6.48. The number of rotatable bonds is 4. The maximum atomic E-state index is 11.9. The monoisotopic (exact) mass is 242 g/mol. The predicted octanol–water partition coefficient (Wildman–Crippen LogP) is -0.0108. The third-order valence-electron chi connectivity index (χ3n) is 3.68. The second-order valence-electron chi connectivity index (χ2n) is 4.77. The van der Waals surface area contributed by atoms with Crippen molar-refractivity contribution >= 4 is 5.91 Å². The second-order valence-corrected chi connectivity index (χ2v) is 4.77. The fourth-order valence-corrected chi connectivity index (χ4v) is 2.57. The molecule has 2 N–H and O–H groups in total. The smallest absolute Gasteiger partial charge is 0.248 e. The van der Waals surface area contributed by atoms with Crippen LogP contribution in [-0.4, -0.2) is 56.4 Å². The lowest BCUT2D eigenvalue weighted by molar-refractivity contribution is -0.142. The van der Waals surface area contributed by atoms with Crippen molar-refractivity contribution in [2.24, 2.45) is 11.7 Å². The van der Waals surface area contributed by atoms with Crippen LogP contribution in [0.4, 0.5) is 0 Å². The molecule has 0 aromatic rings. The van der Waals surface area contributed by atoms with Crippen LogP contribution in [0, 0.1) is 5.92 Å². The molecule has 2 atom stereocenters. The zero-order valence-electron chi connectivity index (χ0n) is 10.3. The molecule has 2 rings (SSSR count). The molecule has 2 unspecified atom stereocenters. The van der Waals surface area contributed by atoms with E-state index in [1.807, 2.05) is 4.90 Å². The zero-order chi connectivity index (χ0) is 12.1. The number of ether oxygens (including phenoxy) is 2. The van der Waals surface area contributed by atoms with Gasteiger partial charge in [0.1, 0.15) is 6.61 Å². The molecular formula is C12H22N2O3. The molecule has 1 aliphatic heterocycles. The minimum Gasteiger partial charge on any atom is -0.378 e. The van der Waals surface area contributed by atoms with Gasteiger partial charge in [-0.2, -0.15) is 0 Å². The largest absolute Gasteiger partial charge is 0.378 e. The van der Waals surface area contributed by atoms with Crippen molar-refractivity contribution in [2.45, 2.75) is 25.4 Å². The third-order valence-corrected chi connectivity index (χ3v) is 3.68. The Morgan fingerprint density at radius 2 is 2.12 bits per heavy atom. The summed E-state index contributed by atoms with van der Waals surface area (Å²) >= 11 is 0. The maximum absolute atomic E-state index is 11.9. The van der Waals surface area contributed by atoms with Crippen LogP contribution in [0.15, 0.2) is 0 Å². The average molecular weight is 242 g/mol. The second kappa shape index (κ2) is 6.33. The van der Waals surface area contributed by atoms with E-state index in [4.69, 9.17) is 15.2 Å². The zero-order valence-corrected chi connectivity index (χ0v) is 10.3. The summed E-state index contributed by atoms with van der Waals surface area (Å²) in [4.78, 5) is 13.7. The van der Waals surface area contributed by atoms with Crippen molar-refractivity contribution in [1.29, 1.82) is 0 Å². The number of morpholine rings is 1. The van der Waals surface area contributed by atoms with E-state index in [1.54, 1.807) is 0 Å². The standard InChI is InChI=1S/C12H22N2O3/c13-8-10-2-1-3-11(10)17-9-12(15)14-4-6-16-7-5-14/h10-11H,1-9,13H2. The van der Waals surface area contributed by atoms with Crippen LogP contribution in [0.2, 0.25) is 0 Å². The molecule has 5 nitrogen and oxygen atoms in total. The van der Waals surface area contributed by atoms with Gasteiger partial charge < -0.3 is 20.1 Å². The molecule has 5 heteroatoms. The molecular weight excluding hydrogens is 220 g/mol. The van der Waals surface area contributed by atoms with Gasteiger partial charge in [-0.1, -0.05) is 6.42 Å². The Morgan fingerprint density at radius 1 is 1.35 bits per heavy atom. The van der Waals surface area contributed by atoms with E-state index in [-0.39, 0.29) is 18.6 Å². The topological polar surface area (TPSA) is 64.8 Å². The van der Waals surface area contributed by atoms with Crippen molar-refractivity contribution in [3.05, 3.63) is 0 Å². The quantitative estimate of drug-likeness (QED) is 0.753. The molecule has 1 heterocycles. The molecule has 0 radical (unpaired) electrons. The molecule has 0 aromatic heterocycles. The summed E-state index contributed by atoms with van der Waals surface area (Å²) in [5.41, 5.74) is 5.68. The van der Waals surface area contributed by atoms with Crippen LogP contribution in [0.1, 0.15) is 19.3 Å². The van der Waals surface area contributed by atoms with E-state index in [1.165, 1.54) is 0 Å². The van der Waals surface area contributed by atoms with E-state index in [9.17, 15) is 4.79 Å². The van der Waals surface area contributed by atoms with Crippen LogP contribution in [-0.2, 0) is 14.3 Å². The van der Waals surface area contributed by atoms with E-state index in [0.29, 0.717) is 38.8 Å². The van der Waals surface area contributed by atoms with Crippen LogP contribution in [0.5, 0.6) is 0 Å². The first-order valence-corrected chi connectivity index (χ1v) is 6.48. The molecule has 2 aliphatic rings. The molecule has 0 bridgehead atoms. The Morgan fingerprint density at radius 3 is 2.82 bits per heavy atom. The molecule has 1 saturated carbocycles. The van der Waals surface area contributed by atoms with Gasteiger partial charge in [0, 0.05) is 13.1 Å². The van der Waals surface area contributed by atoms with Gasteiger partial charge in [0.2, 0.25) is 5.91 Å². The van der Waals surface area contributed by atoms with Crippen molar-refractivity contribution in [1.82, 2.24) is 4.90 Å². The minimum absolute atomic E-state index is 0.0796. The van der Waals surface area contributed by atoms with E-state index >= 15 is 0 Å². The summed E-state index contributed by atoms with van der Waals surface area (Å²) in [5, 5.41) is 0. The Balaban J connectivity index is 1.71. The Labute approximate surface area is 102 Å². The van der Waals surface area contributed by atoms with Crippen molar-refractivity contribution in [3.8, 4) is 0 Å². The molecule has 1 aliphatic carbocycles. The fraction of sp³-hybridized carbons (Fsp3) is 0.917. The summed E-state index contributed by atoms with van der Waals surface area (Å²) < 4.78 is 10.9. The Kier molecular flexibility index (Phi) is 4.76. The third kappa shape index (κ3) is 3.40. The lowest BCUT2D eigenvalue weighted by Gasteiger charge is -2.27. The minimum atomic E-state index is 0.0796. The summed E-state index contributed by atoms with van der Waals surface area (Å²) in [6, 6.07) is 0. The first kappa shape index (κ1) is 12.8. The molecule has 1 saturated heterocycles. The van der Waals surface area contributed by atoms with Gasteiger partial charge in [-0.3, -0.25) is 4.79 Å². The highest BCUT2D eigenvalue weighted by Crippen LogP contribution is 2.27. The molecule has 1 amide bonds. The van der Waals surface area contributed by atoms with Crippen LogP contribution in [0.3, 0.4) is 0 Å². The molecule has 98 valence electrons. The van der Waals surface area contributed by atoms with Gasteiger partial charge in [0.05, 0.1) is 19.3 Å². The summed E-state index contributed by atoms with van der Waals surface area (Å²) in [6.45, 7) is 3.51. The number of hydrogen-bond acceptors (Lipinski definition) is 4. The van der Waals surface area contributed by atoms with Crippen molar-refractivity contribution in [3.63, 3.8) is 0 Å². The highest BCUT2D eigenvalue weighted by Gasteiger charge is 2.28. The van der Waals surface area contributed by atoms with Crippen LogP contribution in [0.25, 0.3) is 0 Å². The first-order chi connectivity index (χ1) is 8.31. The van der Waals surface area contributed by atoms with Gasteiger partial charge >= 0.3 is 0 Å². The lowest BCUT2D eigenvalue weighted by Crippen LogP contribution is -2.43. The summed E-state index contributed by atoms with van der Waals surface area (Å²) in [7, 11) is 0. The van der Waals surface area contributed by atoms with E-state index < -0.39 is 0 Å². The number of nitrogens with zero attached hydrogens (tertiary/aromatic N) is 1. The highest BCUT2D eigenvalue weighted by molar-refractivity contribution is 5.77. The summed E-state index contributed by atoms with van der Waals surface area (Å²) in [6.07, 6.45) is 3.52. The maximum Gasteiger partial charge on any atom is 0.248 e. The molecule has 0 aromatic carbocycles. The Bertz CT molecular complexity index is 254. The van der Waals surface area contributed by atoms with Gasteiger partial charge in [-0.25, -0.2) is 0 Å². The van der Waals surface area contributed by atoms with E-state index in [0.717, 1.165) is 19.3 Å². The Hall–Kier alpha value is -0.650. The van der Waals surface area contributed by atoms with Crippen LogP contribution < -0.4 is 5.73 Å². The normalized spacial score (nSPS) is 29.6. The van der Waals surface area contributed by atoms with Crippen LogP contribution >= 0.6 is 0 Å². The van der Waals surface area contributed by atoms with Gasteiger partial charge in [0.15, 0.2) is 0 Å². The van der Waals surface area contributed by atoms with Gasteiger partial charge in [-0.15, -0.1) is 0 Å². The SMILES string of the molecule is NCC1CCCC1OCC(=O)N1CCOCC1. The number of hydrogen-bond donors (Lipinski definition) is 1. The summed E-state index contributed by atoms with van der Waals surface area (Å²) in [5.74, 6) is 0.517. The average Bonchev–Trinajstić information content (AvgIpc) is 2.84. The highest BCUT2D eigenvalue weighted by atomic mass is 16.5.